The van der Waals surface area contributed by atoms with Gasteiger partial charge in [-0.25, -0.2) is 0 Å². The zero-order valence-corrected chi connectivity index (χ0v) is 22.2. The number of benzene rings is 3. The summed E-state index contributed by atoms with van der Waals surface area (Å²) in [6.07, 6.45) is 3.85. The van der Waals surface area contributed by atoms with Crippen molar-refractivity contribution >= 4 is 29.5 Å². The fourth-order valence-corrected chi connectivity index (χ4v) is 4.12. The molecular weight excluding hydrogens is 504 g/mol. The second-order valence-electron chi connectivity index (χ2n) is 8.66. The number of para-hydroxylation sites is 1. The van der Waals surface area contributed by atoms with E-state index in [9.17, 15) is 9.59 Å². The number of carbonyl (C=O) groups excluding carboxylic acids is 2. The van der Waals surface area contributed by atoms with E-state index in [1.807, 2.05) is 55.5 Å². The number of hydrogen-bond donors (Lipinski definition) is 2. The summed E-state index contributed by atoms with van der Waals surface area (Å²) in [5.41, 5.74) is 3.11. The molecular formula is C30H29ClN2O5. The zero-order chi connectivity index (χ0) is 27.1. The number of amides is 2. The van der Waals surface area contributed by atoms with Gasteiger partial charge in [0.15, 0.2) is 11.5 Å². The van der Waals surface area contributed by atoms with Gasteiger partial charge in [-0.1, -0.05) is 35.9 Å². The first-order valence-corrected chi connectivity index (χ1v) is 12.5. The number of carbonyl (C=O) groups is 2. The molecule has 3 aromatic rings. The Morgan fingerprint density at radius 3 is 2.47 bits per heavy atom. The SMILES string of the molecule is COc1ccc(CCNC(=O)C(=CC2=Cc3ccccc3OC2C)NC(=O)c2ccc(Cl)cc2)cc1OC. The van der Waals surface area contributed by atoms with Crippen LogP contribution in [0.1, 0.15) is 28.4 Å². The van der Waals surface area contributed by atoms with Crippen LogP contribution in [0, 0.1) is 0 Å². The van der Waals surface area contributed by atoms with Crippen molar-refractivity contribution in [3.8, 4) is 17.2 Å². The molecule has 0 radical (unpaired) electrons. The Bertz CT molecular complexity index is 1380. The van der Waals surface area contributed by atoms with Crippen molar-refractivity contribution in [1.82, 2.24) is 10.6 Å². The Morgan fingerprint density at radius 2 is 1.74 bits per heavy atom. The van der Waals surface area contributed by atoms with Crippen molar-refractivity contribution in [2.75, 3.05) is 20.8 Å². The maximum Gasteiger partial charge on any atom is 0.267 e. The minimum atomic E-state index is -0.423. The lowest BCUT2D eigenvalue weighted by atomic mass is 10.0. The summed E-state index contributed by atoms with van der Waals surface area (Å²) in [5.74, 6) is 1.18. The molecule has 196 valence electrons. The van der Waals surface area contributed by atoms with Gasteiger partial charge in [0.25, 0.3) is 11.8 Å². The van der Waals surface area contributed by atoms with Gasteiger partial charge in [0.2, 0.25) is 0 Å². The molecule has 1 atom stereocenters. The lowest BCUT2D eigenvalue weighted by Crippen LogP contribution is -2.36. The Morgan fingerprint density at radius 1 is 1.00 bits per heavy atom. The van der Waals surface area contributed by atoms with Crippen LogP contribution in [-0.2, 0) is 11.2 Å². The van der Waals surface area contributed by atoms with Crippen LogP contribution in [0.2, 0.25) is 5.02 Å². The molecule has 1 aliphatic heterocycles. The quantitative estimate of drug-likeness (QED) is 0.370. The lowest BCUT2D eigenvalue weighted by molar-refractivity contribution is -0.117. The molecule has 0 spiro atoms. The molecule has 0 fully saturated rings. The summed E-state index contributed by atoms with van der Waals surface area (Å²) in [6, 6.07) is 19.7. The molecule has 8 heteroatoms. The lowest BCUT2D eigenvalue weighted by Gasteiger charge is -2.23. The normalized spacial score (nSPS) is 14.5. The van der Waals surface area contributed by atoms with E-state index in [1.165, 1.54) is 0 Å². The maximum atomic E-state index is 13.3. The molecule has 0 aliphatic carbocycles. The fraction of sp³-hybridized carbons (Fsp3) is 0.200. The number of methoxy groups -OCH3 is 2. The maximum absolute atomic E-state index is 13.3. The first-order chi connectivity index (χ1) is 18.4. The van der Waals surface area contributed by atoms with E-state index in [1.54, 1.807) is 44.6 Å². The molecule has 0 bridgehead atoms. The van der Waals surface area contributed by atoms with Crippen LogP contribution in [0.4, 0.5) is 0 Å². The van der Waals surface area contributed by atoms with Gasteiger partial charge in [-0.15, -0.1) is 0 Å². The number of fused-ring (bicyclic) bond motifs is 1. The Kier molecular flexibility index (Phi) is 8.71. The predicted octanol–water partition coefficient (Wildman–Crippen LogP) is 5.19. The highest BCUT2D eigenvalue weighted by atomic mass is 35.5. The third-order valence-corrected chi connectivity index (χ3v) is 6.32. The summed E-state index contributed by atoms with van der Waals surface area (Å²) >= 11 is 5.96. The first-order valence-electron chi connectivity index (χ1n) is 12.1. The van der Waals surface area contributed by atoms with E-state index >= 15 is 0 Å². The van der Waals surface area contributed by atoms with E-state index in [-0.39, 0.29) is 11.8 Å². The number of nitrogens with one attached hydrogen (secondary N) is 2. The molecule has 1 heterocycles. The second kappa shape index (κ2) is 12.3. The third kappa shape index (κ3) is 6.55. The molecule has 1 aliphatic rings. The highest BCUT2D eigenvalue weighted by Gasteiger charge is 2.21. The average molecular weight is 533 g/mol. The summed E-state index contributed by atoms with van der Waals surface area (Å²) in [4.78, 5) is 26.2. The monoisotopic (exact) mass is 532 g/mol. The van der Waals surface area contributed by atoms with Crippen LogP contribution in [0.25, 0.3) is 6.08 Å². The van der Waals surface area contributed by atoms with Gasteiger partial charge in [-0.2, -0.15) is 0 Å². The van der Waals surface area contributed by atoms with Crippen molar-refractivity contribution in [1.29, 1.82) is 0 Å². The molecule has 1 unspecified atom stereocenters. The summed E-state index contributed by atoms with van der Waals surface area (Å²) in [6.45, 7) is 2.24. The van der Waals surface area contributed by atoms with Crippen LogP contribution in [0.5, 0.6) is 17.2 Å². The Balaban J connectivity index is 1.54. The molecule has 4 rings (SSSR count). The van der Waals surface area contributed by atoms with Gasteiger partial charge in [0, 0.05) is 22.7 Å². The van der Waals surface area contributed by atoms with Gasteiger partial charge in [-0.3, -0.25) is 9.59 Å². The van der Waals surface area contributed by atoms with Crippen molar-refractivity contribution in [3.05, 3.63) is 106 Å². The molecule has 3 aromatic carbocycles. The highest BCUT2D eigenvalue weighted by Crippen LogP contribution is 2.30. The van der Waals surface area contributed by atoms with Gasteiger partial charge < -0.3 is 24.8 Å². The Hall–Kier alpha value is -4.23. The second-order valence-corrected chi connectivity index (χ2v) is 9.09. The molecule has 2 N–H and O–H groups in total. The van der Waals surface area contributed by atoms with Gasteiger partial charge in [0.1, 0.15) is 17.6 Å². The van der Waals surface area contributed by atoms with E-state index in [4.69, 9.17) is 25.8 Å². The largest absolute Gasteiger partial charge is 0.493 e. The van der Waals surface area contributed by atoms with Crippen molar-refractivity contribution < 1.29 is 23.8 Å². The molecule has 2 amide bonds. The topological polar surface area (TPSA) is 85.9 Å². The van der Waals surface area contributed by atoms with E-state index in [0.29, 0.717) is 35.1 Å². The summed E-state index contributed by atoms with van der Waals surface area (Å²) < 4.78 is 16.7. The number of ether oxygens (including phenoxy) is 3. The number of halogens is 1. The number of hydrogen-bond acceptors (Lipinski definition) is 5. The molecule has 7 nitrogen and oxygen atoms in total. The van der Waals surface area contributed by atoms with Crippen LogP contribution in [-0.4, -0.2) is 38.7 Å². The van der Waals surface area contributed by atoms with Crippen LogP contribution in [0.15, 0.2) is 84.1 Å². The van der Waals surface area contributed by atoms with Crippen molar-refractivity contribution in [3.63, 3.8) is 0 Å². The van der Waals surface area contributed by atoms with Gasteiger partial charge in [-0.05, 0) is 79.1 Å². The van der Waals surface area contributed by atoms with Gasteiger partial charge in [0.05, 0.1) is 14.2 Å². The third-order valence-electron chi connectivity index (χ3n) is 6.07. The van der Waals surface area contributed by atoms with Crippen molar-refractivity contribution in [2.45, 2.75) is 19.4 Å². The first kappa shape index (κ1) is 26.8. The minimum absolute atomic E-state index is 0.110. The average Bonchev–Trinajstić information content (AvgIpc) is 2.93. The predicted molar refractivity (Wildman–Crippen MR) is 148 cm³/mol. The molecule has 0 saturated heterocycles. The van der Waals surface area contributed by atoms with Gasteiger partial charge >= 0.3 is 0 Å². The summed E-state index contributed by atoms with van der Waals surface area (Å²) in [5, 5.41) is 6.18. The van der Waals surface area contributed by atoms with Crippen LogP contribution in [0.3, 0.4) is 0 Å². The number of rotatable bonds is 9. The zero-order valence-electron chi connectivity index (χ0n) is 21.4. The Labute approximate surface area is 227 Å². The van der Waals surface area contributed by atoms with E-state index in [2.05, 4.69) is 10.6 Å². The smallest absolute Gasteiger partial charge is 0.267 e. The van der Waals surface area contributed by atoms with Crippen LogP contribution >= 0.6 is 11.6 Å². The molecule has 38 heavy (non-hydrogen) atoms. The highest BCUT2D eigenvalue weighted by molar-refractivity contribution is 6.30. The van der Waals surface area contributed by atoms with Crippen LogP contribution < -0.4 is 24.8 Å². The summed E-state index contributed by atoms with van der Waals surface area (Å²) in [7, 11) is 3.16. The fourth-order valence-electron chi connectivity index (χ4n) is 3.99. The van der Waals surface area contributed by atoms with E-state index in [0.717, 1.165) is 22.4 Å². The molecule has 0 saturated carbocycles. The van der Waals surface area contributed by atoms with Crippen molar-refractivity contribution in [2.24, 2.45) is 0 Å². The van der Waals surface area contributed by atoms with E-state index < -0.39 is 11.8 Å². The minimum Gasteiger partial charge on any atom is -0.493 e. The standard InChI is InChI=1S/C30H29ClN2O5/c1-19-23(17-22-6-4-5-7-26(22)38-19)18-25(33-29(34)21-9-11-24(31)12-10-21)30(35)32-15-14-20-8-13-27(36-2)28(16-20)37-3/h4-13,16-19H,14-15H2,1-3H3,(H,32,35)(H,33,34). The molecule has 0 aromatic heterocycles.